The van der Waals surface area contributed by atoms with E-state index >= 15 is 0 Å². The molecule has 3 rings (SSSR count). The van der Waals surface area contributed by atoms with Gasteiger partial charge < -0.3 is 5.73 Å². The van der Waals surface area contributed by atoms with E-state index in [0.717, 1.165) is 30.2 Å². The highest BCUT2D eigenvalue weighted by Crippen LogP contribution is 2.38. The van der Waals surface area contributed by atoms with Crippen LogP contribution in [0.15, 0.2) is 0 Å². The molecule has 0 atom stereocenters. The third kappa shape index (κ3) is 1.92. The Morgan fingerprint density at radius 2 is 2.00 bits per heavy atom. The van der Waals surface area contributed by atoms with E-state index in [2.05, 4.69) is 9.97 Å². The van der Waals surface area contributed by atoms with Gasteiger partial charge in [-0.3, -0.25) is 0 Å². The van der Waals surface area contributed by atoms with E-state index in [-0.39, 0.29) is 11.6 Å². The predicted octanol–water partition coefficient (Wildman–Crippen LogP) is 2.87. The first kappa shape index (κ1) is 11.7. The Labute approximate surface area is 105 Å². The van der Waals surface area contributed by atoms with Crippen molar-refractivity contribution in [3.63, 3.8) is 0 Å². The highest BCUT2D eigenvalue weighted by Gasteiger charge is 2.30. The van der Waals surface area contributed by atoms with Gasteiger partial charge in [0.1, 0.15) is 22.9 Å². The van der Waals surface area contributed by atoms with Crippen LogP contribution in [0.4, 0.5) is 19.0 Å². The van der Waals surface area contributed by atoms with Crippen LogP contribution in [0.2, 0.25) is 0 Å². The van der Waals surface area contributed by atoms with Crippen molar-refractivity contribution in [1.82, 2.24) is 9.97 Å². The SMILES string of the molecule is Nc1nc(CC(F)(F)F)nc2sc3c(c12)CCC3. The van der Waals surface area contributed by atoms with Gasteiger partial charge in [0.2, 0.25) is 0 Å². The van der Waals surface area contributed by atoms with E-state index in [9.17, 15) is 13.2 Å². The van der Waals surface area contributed by atoms with Crippen LogP contribution in [0, 0.1) is 0 Å². The summed E-state index contributed by atoms with van der Waals surface area (Å²) in [6, 6.07) is 0. The Morgan fingerprint density at radius 1 is 1.22 bits per heavy atom. The lowest BCUT2D eigenvalue weighted by Gasteiger charge is -2.06. The molecule has 2 aromatic rings. The average Bonchev–Trinajstić information content (AvgIpc) is 2.72. The molecule has 0 spiro atoms. The molecule has 0 unspecified atom stereocenters. The number of aryl methyl sites for hydroxylation is 2. The molecular weight excluding hydrogens is 263 g/mol. The van der Waals surface area contributed by atoms with Crippen molar-refractivity contribution in [1.29, 1.82) is 0 Å². The van der Waals surface area contributed by atoms with Gasteiger partial charge >= 0.3 is 6.18 Å². The normalized spacial score (nSPS) is 15.3. The topological polar surface area (TPSA) is 51.8 Å². The summed E-state index contributed by atoms with van der Waals surface area (Å²) in [5.74, 6) is -0.0638. The van der Waals surface area contributed by atoms with Crippen molar-refractivity contribution in [2.75, 3.05) is 5.73 Å². The van der Waals surface area contributed by atoms with E-state index in [1.807, 2.05) is 0 Å². The Hall–Kier alpha value is -1.37. The van der Waals surface area contributed by atoms with Crippen LogP contribution in [0.25, 0.3) is 10.2 Å². The molecule has 0 aliphatic heterocycles. The lowest BCUT2D eigenvalue weighted by Crippen LogP contribution is -2.14. The van der Waals surface area contributed by atoms with E-state index < -0.39 is 12.6 Å². The monoisotopic (exact) mass is 273 g/mol. The fourth-order valence-electron chi connectivity index (χ4n) is 2.33. The molecule has 0 saturated heterocycles. The van der Waals surface area contributed by atoms with E-state index in [1.54, 1.807) is 0 Å². The molecule has 7 heteroatoms. The zero-order valence-electron chi connectivity index (χ0n) is 9.34. The molecule has 0 radical (unpaired) electrons. The molecule has 1 aliphatic rings. The molecule has 0 bridgehead atoms. The van der Waals surface area contributed by atoms with Crippen molar-refractivity contribution in [2.45, 2.75) is 31.9 Å². The van der Waals surface area contributed by atoms with Gasteiger partial charge in [-0.25, -0.2) is 9.97 Å². The number of nitrogen functional groups attached to an aromatic ring is 1. The molecule has 1 aliphatic carbocycles. The molecule has 2 heterocycles. The average molecular weight is 273 g/mol. The fourth-order valence-corrected chi connectivity index (χ4v) is 3.62. The van der Waals surface area contributed by atoms with E-state index in [1.165, 1.54) is 16.2 Å². The number of nitrogens with zero attached hydrogens (tertiary/aromatic N) is 2. The van der Waals surface area contributed by atoms with E-state index in [4.69, 9.17) is 5.73 Å². The van der Waals surface area contributed by atoms with Crippen LogP contribution in [-0.2, 0) is 19.3 Å². The molecule has 0 fully saturated rings. The zero-order valence-corrected chi connectivity index (χ0v) is 10.2. The minimum Gasteiger partial charge on any atom is -0.383 e. The van der Waals surface area contributed by atoms with Gasteiger partial charge in [0.25, 0.3) is 0 Å². The summed E-state index contributed by atoms with van der Waals surface area (Å²) in [7, 11) is 0. The van der Waals surface area contributed by atoms with Crippen molar-refractivity contribution in [2.24, 2.45) is 0 Å². The van der Waals surface area contributed by atoms with E-state index in [0.29, 0.717) is 4.83 Å². The van der Waals surface area contributed by atoms with Crippen molar-refractivity contribution in [3.05, 3.63) is 16.3 Å². The summed E-state index contributed by atoms with van der Waals surface area (Å²) >= 11 is 1.44. The highest BCUT2D eigenvalue weighted by molar-refractivity contribution is 7.19. The van der Waals surface area contributed by atoms with Gasteiger partial charge in [-0.2, -0.15) is 13.2 Å². The molecule has 18 heavy (non-hydrogen) atoms. The maximum Gasteiger partial charge on any atom is 0.396 e. The quantitative estimate of drug-likeness (QED) is 0.869. The standard InChI is InChI=1S/C11H10F3N3S/c12-11(13,14)4-7-16-9(15)8-5-2-1-3-6(5)18-10(8)17-7/h1-4H2,(H2,15,16,17). The second kappa shape index (κ2) is 3.81. The van der Waals surface area contributed by atoms with Crippen LogP contribution in [0.3, 0.4) is 0 Å². The number of alkyl halides is 3. The van der Waals surface area contributed by atoms with Gasteiger partial charge in [0.05, 0.1) is 5.39 Å². The molecule has 96 valence electrons. The number of hydrogen-bond donors (Lipinski definition) is 1. The Balaban J connectivity index is 2.12. The molecule has 2 N–H and O–H groups in total. The van der Waals surface area contributed by atoms with Crippen LogP contribution < -0.4 is 5.73 Å². The number of aromatic nitrogens is 2. The molecule has 0 saturated carbocycles. The zero-order chi connectivity index (χ0) is 12.9. The number of rotatable bonds is 1. The Bertz CT molecular complexity index is 618. The van der Waals surface area contributed by atoms with Crippen LogP contribution in [-0.4, -0.2) is 16.1 Å². The number of nitrogens with two attached hydrogens (primary N) is 1. The van der Waals surface area contributed by atoms with Crippen molar-refractivity contribution in [3.8, 4) is 0 Å². The highest BCUT2D eigenvalue weighted by atomic mass is 32.1. The first-order valence-electron chi connectivity index (χ1n) is 5.57. The smallest absolute Gasteiger partial charge is 0.383 e. The number of fused-ring (bicyclic) bond motifs is 3. The van der Waals surface area contributed by atoms with Gasteiger partial charge in [0, 0.05) is 4.88 Å². The molecule has 2 aromatic heterocycles. The Kier molecular flexibility index (Phi) is 2.48. The van der Waals surface area contributed by atoms with Gasteiger partial charge in [0.15, 0.2) is 0 Å². The molecular formula is C11H10F3N3S. The van der Waals surface area contributed by atoms with Crippen LogP contribution >= 0.6 is 11.3 Å². The molecule has 0 amide bonds. The van der Waals surface area contributed by atoms with Gasteiger partial charge in [-0.1, -0.05) is 0 Å². The summed E-state index contributed by atoms with van der Waals surface area (Å²) in [5, 5.41) is 0.762. The lowest BCUT2D eigenvalue weighted by atomic mass is 10.2. The fraction of sp³-hybridized carbons (Fsp3) is 0.455. The first-order valence-corrected chi connectivity index (χ1v) is 6.39. The van der Waals surface area contributed by atoms with Crippen molar-refractivity contribution >= 4 is 27.4 Å². The van der Waals surface area contributed by atoms with Gasteiger partial charge in [-0.05, 0) is 24.8 Å². The summed E-state index contributed by atoms with van der Waals surface area (Å²) < 4.78 is 37.0. The minimum absolute atomic E-state index is 0.179. The molecule has 0 aromatic carbocycles. The van der Waals surface area contributed by atoms with Crippen LogP contribution in [0.1, 0.15) is 22.7 Å². The van der Waals surface area contributed by atoms with Crippen molar-refractivity contribution < 1.29 is 13.2 Å². The second-order valence-corrected chi connectivity index (χ2v) is 5.44. The Morgan fingerprint density at radius 3 is 2.72 bits per heavy atom. The second-order valence-electron chi connectivity index (χ2n) is 4.35. The summed E-state index contributed by atoms with van der Waals surface area (Å²) in [5.41, 5.74) is 6.91. The largest absolute Gasteiger partial charge is 0.396 e. The predicted molar refractivity (Wildman–Crippen MR) is 63.6 cm³/mol. The van der Waals surface area contributed by atoms with Crippen LogP contribution in [0.5, 0.6) is 0 Å². The number of halogens is 3. The number of thiophene rings is 1. The number of hydrogen-bond acceptors (Lipinski definition) is 4. The summed E-state index contributed by atoms with van der Waals surface area (Å²) in [4.78, 5) is 9.56. The lowest BCUT2D eigenvalue weighted by molar-refractivity contribution is -0.128. The summed E-state index contributed by atoms with van der Waals surface area (Å²) in [6.07, 6.45) is -2.48. The summed E-state index contributed by atoms with van der Waals surface area (Å²) in [6.45, 7) is 0. The molecule has 3 nitrogen and oxygen atoms in total. The third-order valence-electron chi connectivity index (χ3n) is 3.00. The van der Waals surface area contributed by atoms with Gasteiger partial charge in [-0.15, -0.1) is 11.3 Å². The number of anilines is 1. The third-order valence-corrected chi connectivity index (χ3v) is 4.18. The first-order chi connectivity index (χ1) is 8.44. The maximum absolute atomic E-state index is 12.3. The maximum atomic E-state index is 12.3. The minimum atomic E-state index is -4.31.